The Morgan fingerprint density at radius 3 is 2.27 bits per heavy atom. The van der Waals surface area contributed by atoms with Gasteiger partial charge in [-0.25, -0.2) is 18.4 Å². The SMILES string of the molecule is NCc1cccc(-c2cccc(Oc3nc(OC4CCOC4=O)c(F)cc3F)c2)c1.O=C(O)C(F)(F)F. The Morgan fingerprint density at radius 2 is 1.68 bits per heavy atom. The van der Waals surface area contributed by atoms with Crippen LogP contribution < -0.4 is 15.2 Å². The molecule has 1 unspecified atom stereocenters. The van der Waals surface area contributed by atoms with Crippen LogP contribution in [0.4, 0.5) is 22.0 Å². The monoisotopic (exact) mass is 526 g/mol. The standard InChI is InChI=1S/C22H18F2N2O4.C2HF3O2/c23-17-11-18(24)21(30-19-7-8-28-22(19)27)26-20(17)29-16-6-2-5-15(10-16)14-4-1-3-13(9-14)12-25;3-2(4,5)1(6)7/h1-6,9-11,19H,7-8,12,25H2;(H,6,7). The van der Waals surface area contributed by atoms with Gasteiger partial charge in [0.05, 0.1) is 6.61 Å². The lowest BCUT2D eigenvalue weighted by atomic mass is 10.0. The van der Waals surface area contributed by atoms with Crippen LogP contribution in [0.15, 0.2) is 54.6 Å². The molecule has 0 radical (unpaired) electrons. The predicted octanol–water partition coefficient (Wildman–Crippen LogP) is 4.61. The number of hydrogen-bond acceptors (Lipinski definition) is 7. The Kier molecular flexibility index (Phi) is 8.60. The van der Waals surface area contributed by atoms with E-state index < -0.39 is 47.6 Å². The first-order valence-electron chi connectivity index (χ1n) is 10.5. The van der Waals surface area contributed by atoms with Crippen molar-refractivity contribution in [1.82, 2.24) is 4.98 Å². The topological polar surface area (TPSA) is 121 Å². The van der Waals surface area contributed by atoms with E-state index in [1.165, 1.54) is 0 Å². The molecule has 1 aromatic heterocycles. The third kappa shape index (κ3) is 7.36. The maximum absolute atomic E-state index is 14.2. The van der Waals surface area contributed by atoms with E-state index in [4.69, 9.17) is 29.8 Å². The Hall–Kier alpha value is -4.26. The summed E-state index contributed by atoms with van der Waals surface area (Å²) < 4.78 is 75.6. The average molecular weight is 526 g/mol. The minimum atomic E-state index is -5.08. The summed E-state index contributed by atoms with van der Waals surface area (Å²) in [5.74, 6) is -6.10. The molecule has 4 rings (SSSR count). The van der Waals surface area contributed by atoms with E-state index in [9.17, 15) is 26.7 Å². The number of esters is 1. The molecular formula is C24H19F5N2O6. The molecule has 13 heteroatoms. The second-order valence-corrected chi connectivity index (χ2v) is 7.46. The quantitative estimate of drug-likeness (QED) is 0.353. The molecule has 37 heavy (non-hydrogen) atoms. The summed E-state index contributed by atoms with van der Waals surface area (Å²) in [7, 11) is 0. The summed E-state index contributed by atoms with van der Waals surface area (Å²) in [6.45, 7) is 0.583. The lowest BCUT2D eigenvalue weighted by molar-refractivity contribution is -0.192. The number of carboxylic acids is 1. The van der Waals surface area contributed by atoms with Crippen LogP contribution in [-0.2, 0) is 20.9 Å². The van der Waals surface area contributed by atoms with Crippen molar-refractivity contribution in [1.29, 1.82) is 0 Å². The van der Waals surface area contributed by atoms with Gasteiger partial charge in [-0.3, -0.25) is 0 Å². The number of pyridine rings is 1. The van der Waals surface area contributed by atoms with Crippen molar-refractivity contribution in [3.05, 3.63) is 71.8 Å². The predicted molar refractivity (Wildman–Crippen MR) is 118 cm³/mol. The van der Waals surface area contributed by atoms with Crippen molar-refractivity contribution in [3.8, 4) is 28.6 Å². The Balaban J connectivity index is 0.000000479. The first-order valence-corrected chi connectivity index (χ1v) is 10.5. The number of aliphatic carboxylic acids is 1. The first-order chi connectivity index (χ1) is 17.5. The van der Waals surface area contributed by atoms with Gasteiger partial charge in [-0.2, -0.15) is 18.2 Å². The smallest absolute Gasteiger partial charge is 0.475 e. The first kappa shape index (κ1) is 27.3. The zero-order chi connectivity index (χ0) is 27.2. The number of nitrogens with zero attached hydrogens (tertiary/aromatic N) is 1. The largest absolute Gasteiger partial charge is 0.490 e. The summed E-state index contributed by atoms with van der Waals surface area (Å²) in [6, 6.07) is 15.2. The summed E-state index contributed by atoms with van der Waals surface area (Å²) in [5.41, 5.74) is 8.41. The molecule has 0 aliphatic carbocycles. The zero-order valence-corrected chi connectivity index (χ0v) is 18.8. The van der Waals surface area contributed by atoms with Gasteiger partial charge in [-0.05, 0) is 34.9 Å². The minimum absolute atomic E-state index is 0.174. The summed E-state index contributed by atoms with van der Waals surface area (Å²) in [4.78, 5) is 24.2. The van der Waals surface area contributed by atoms with Gasteiger partial charge in [0.1, 0.15) is 5.75 Å². The molecule has 2 heterocycles. The van der Waals surface area contributed by atoms with E-state index in [0.717, 1.165) is 16.7 Å². The van der Waals surface area contributed by atoms with Gasteiger partial charge in [0.2, 0.25) is 6.10 Å². The van der Waals surface area contributed by atoms with E-state index >= 15 is 0 Å². The van der Waals surface area contributed by atoms with Crippen molar-refractivity contribution < 1.29 is 50.9 Å². The van der Waals surface area contributed by atoms with Crippen LogP contribution in [-0.4, -0.2) is 40.9 Å². The van der Waals surface area contributed by atoms with Crippen LogP contribution in [0.3, 0.4) is 0 Å². The molecule has 1 fully saturated rings. The number of halogens is 5. The molecule has 0 amide bonds. The number of alkyl halides is 3. The molecule has 8 nitrogen and oxygen atoms in total. The van der Waals surface area contributed by atoms with E-state index in [-0.39, 0.29) is 13.0 Å². The molecule has 0 spiro atoms. The number of aromatic nitrogens is 1. The molecule has 1 atom stereocenters. The molecule has 1 aliphatic rings. The van der Waals surface area contributed by atoms with Crippen molar-refractivity contribution in [2.24, 2.45) is 5.73 Å². The second-order valence-electron chi connectivity index (χ2n) is 7.46. The molecule has 0 bridgehead atoms. The summed E-state index contributed by atoms with van der Waals surface area (Å²) in [5, 5.41) is 7.12. The molecule has 1 aliphatic heterocycles. The number of nitrogens with two attached hydrogens (primary N) is 1. The summed E-state index contributed by atoms with van der Waals surface area (Å²) >= 11 is 0. The number of carbonyl (C=O) groups is 2. The third-order valence-corrected chi connectivity index (χ3v) is 4.79. The number of ether oxygens (including phenoxy) is 3. The van der Waals surface area contributed by atoms with Crippen molar-refractivity contribution in [2.45, 2.75) is 25.2 Å². The van der Waals surface area contributed by atoms with Gasteiger partial charge in [0, 0.05) is 19.0 Å². The van der Waals surface area contributed by atoms with Crippen molar-refractivity contribution >= 4 is 11.9 Å². The highest BCUT2D eigenvalue weighted by Gasteiger charge is 2.38. The van der Waals surface area contributed by atoms with Gasteiger partial charge >= 0.3 is 18.1 Å². The van der Waals surface area contributed by atoms with Crippen molar-refractivity contribution in [2.75, 3.05) is 6.61 Å². The average Bonchev–Trinajstić information content (AvgIpc) is 3.26. The van der Waals surface area contributed by atoms with Gasteiger partial charge < -0.3 is 25.1 Å². The number of hydrogen-bond donors (Lipinski definition) is 2. The molecule has 2 aromatic carbocycles. The Bertz CT molecular complexity index is 1280. The van der Waals surface area contributed by atoms with E-state index in [2.05, 4.69) is 4.98 Å². The number of benzene rings is 2. The molecule has 0 saturated carbocycles. The minimum Gasteiger partial charge on any atom is -0.475 e. The number of cyclic esters (lactones) is 1. The van der Waals surface area contributed by atoms with E-state index in [1.54, 1.807) is 18.2 Å². The number of carbonyl (C=O) groups excluding carboxylic acids is 1. The normalized spacial score (nSPS) is 14.9. The zero-order valence-electron chi connectivity index (χ0n) is 18.8. The highest BCUT2D eigenvalue weighted by atomic mass is 19.4. The Morgan fingerprint density at radius 1 is 1.05 bits per heavy atom. The van der Waals surface area contributed by atoms with E-state index in [0.29, 0.717) is 18.4 Å². The van der Waals surface area contributed by atoms with Crippen LogP contribution in [0.1, 0.15) is 12.0 Å². The fourth-order valence-corrected chi connectivity index (χ4v) is 3.04. The fourth-order valence-electron chi connectivity index (χ4n) is 3.04. The van der Waals surface area contributed by atoms with Gasteiger partial charge in [0.25, 0.3) is 11.8 Å². The van der Waals surface area contributed by atoms with Gasteiger partial charge in [-0.1, -0.05) is 30.3 Å². The van der Waals surface area contributed by atoms with Gasteiger partial charge in [-0.15, -0.1) is 0 Å². The lowest BCUT2D eigenvalue weighted by Crippen LogP contribution is -2.23. The van der Waals surface area contributed by atoms with Crippen LogP contribution in [0, 0.1) is 11.6 Å². The highest BCUT2D eigenvalue weighted by Crippen LogP contribution is 2.31. The molecule has 3 aromatic rings. The third-order valence-electron chi connectivity index (χ3n) is 4.79. The van der Waals surface area contributed by atoms with Crippen LogP contribution in [0.25, 0.3) is 11.1 Å². The Labute approximate surface area is 206 Å². The number of rotatable bonds is 6. The highest BCUT2D eigenvalue weighted by molar-refractivity contribution is 5.76. The maximum atomic E-state index is 14.2. The van der Waals surface area contributed by atoms with Gasteiger partial charge in [0.15, 0.2) is 11.6 Å². The molecule has 196 valence electrons. The maximum Gasteiger partial charge on any atom is 0.490 e. The fraction of sp³-hybridized carbons (Fsp3) is 0.208. The molecule has 1 saturated heterocycles. The van der Waals surface area contributed by atoms with Crippen LogP contribution in [0.2, 0.25) is 0 Å². The van der Waals surface area contributed by atoms with Crippen molar-refractivity contribution in [3.63, 3.8) is 0 Å². The van der Waals surface area contributed by atoms with Crippen LogP contribution >= 0.6 is 0 Å². The number of carboxylic acid groups (broad SMARTS) is 1. The molecule has 3 N–H and O–H groups in total. The molecular weight excluding hydrogens is 507 g/mol. The second kappa shape index (κ2) is 11.6. The van der Waals surface area contributed by atoms with Crippen LogP contribution in [0.5, 0.6) is 17.5 Å². The van der Waals surface area contributed by atoms with E-state index in [1.807, 2.05) is 30.3 Å². The summed E-state index contributed by atoms with van der Waals surface area (Å²) in [6.07, 6.45) is -5.80. The lowest BCUT2D eigenvalue weighted by Gasteiger charge is -2.13.